The monoisotopic (exact) mass is 363 g/mol. The fourth-order valence-electron chi connectivity index (χ4n) is 2.03. The summed E-state index contributed by atoms with van der Waals surface area (Å²) in [6.45, 7) is 1.87. The van der Waals surface area contributed by atoms with Gasteiger partial charge in [0, 0.05) is 10.7 Å². The molecule has 0 aromatic carbocycles. The number of nitrogen functional groups attached to an aromatic ring is 1. The Labute approximate surface area is 132 Å². The van der Waals surface area contributed by atoms with E-state index in [4.69, 9.17) is 14.9 Å². The van der Waals surface area contributed by atoms with E-state index in [1.807, 2.05) is 0 Å². The fourth-order valence-corrected chi connectivity index (χ4v) is 2.36. The Morgan fingerprint density at radius 1 is 1.36 bits per heavy atom. The predicted molar refractivity (Wildman–Crippen MR) is 83.6 cm³/mol. The van der Waals surface area contributed by atoms with E-state index in [-0.39, 0.29) is 45.6 Å². The Morgan fingerprint density at radius 2 is 2.09 bits per heavy atom. The molecular formula is C14H10BrN3O4. The number of halogens is 1. The molecule has 0 amide bonds. The molecule has 0 aliphatic heterocycles. The van der Waals surface area contributed by atoms with Gasteiger partial charge < -0.3 is 14.9 Å². The summed E-state index contributed by atoms with van der Waals surface area (Å²) in [5.74, 6) is -0.702. The maximum Gasteiger partial charge on any atom is 0.341 e. The molecule has 22 heavy (non-hydrogen) atoms. The molecule has 3 aromatic heterocycles. The third kappa shape index (κ3) is 2.31. The van der Waals surface area contributed by atoms with Gasteiger partial charge in [0.2, 0.25) is 16.9 Å². The number of nitrogens with two attached hydrogens (primary N) is 1. The predicted octanol–water partition coefficient (Wildman–Crippen LogP) is 2.26. The molecule has 0 aliphatic carbocycles. The average molecular weight is 364 g/mol. The Kier molecular flexibility index (Phi) is 3.53. The Balaban J connectivity index is 2.35. The number of rotatable bonds is 2. The first-order valence-corrected chi connectivity index (χ1v) is 7.16. The lowest BCUT2D eigenvalue weighted by Gasteiger charge is -2.06. The topological polar surface area (TPSA) is 108 Å². The SMILES string of the molecule is CCOC(=O)c1cc2c(=O)c3cc(Br)cnc3oc2nc1N. The van der Waals surface area contributed by atoms with Gasteiger partial charge in [0.15, 0.2) is 0 Å². The van der Waals surface area contributed by atoms with Gasteiger partial charge in [-0.1, -0.05) is 0 Å². The number of pyridine rings is 2. The molecule has 0 atom stereocenters. The highest BCUT2D eigenvalue weighted by Crippen LogP contribution is 2.22. The van der Waals surface area contributed by atoms with Crippen molar-refractivity contribution < 1.29 is 13.9 Å². The van der Waals surface area contributed by atoms with Crippen molar-refractivity contribution in [3.8, 4) is 0 Å². The van der Waals surface area contributed by atoms with Gasteiger partial charge in [-0.3, -0.25) is 4.79 Å². The summed E-state index contributed by atoms with van der Waals surface area (Å²) in [4.78, 5) is 32.4. The number of hydrogen-bond donors (Lipinski definition) is 1. The summed E-state index contributed by atoms with van der Waals surface area (Å²) < 4.78 is 11.0. The van der Waals surface area contributed by atoms with Gasteiger partial charge in [0.05, 0.1) is 17.4 Å². The molecule has 3 rings (SSSR count). The number of aromatic nitrogens is 2. The molecular weight excluding hydrogens is 354 g/mol. The summed E-state index contributed by atoms with van der Waals surface area (Å²) in [5, 5.41) is 0.424. The first-order valence-electron chi connectivity index (χ1n) is 6.37. The van der Waals surface area contributed by atoms with E-state index in [9.17, 15) is 9.59 Å². The van der Waals surface area contributed by atoms with E-state index < -0.39 is 5.97 Å². The van der Waals surface area contributed by atoms with Gasteiger partial charge in [-0.15, -0.1) is 0 Å². The van der Waals surface area contributed by atoms with Gasteiger partial charge in [0.1, 0.15) is 11.4 Å². The lowest BCUT2D eigenvalue weighted by Crippen LogP contribution is -2.12. The minimum absolute atomic E-state index is 0.0258. The Bertz CT molecular complexity index is 968. The summed E-state index contributed by atoms with van der Waals surface area (Å²) in [7, 11) is 0. The number of carbonyl (C=O) groups excluding carboxylic acids is 1. The molecule has 0 saturated heterocycles. The van der Waals surface area contributed by atoms with Gasteiger partial charge in [0.25, 0.3) is 0 Å². The number of anilines is 1. The second-order valence-electron chi connectivity index (χ2n) is 4.43. The van der Waals surface area contributed by atoms with Crippen LogP contribution >= 0.6 is 15.9 Å². The standard InChI is InChI=1S/C14H10BrN3O4/c1-2-21-14(20)9-4-8-10(19)7-3-6(15)5-17-12(7)22-13(8)18-11(9)16/h3-5H,2H2,1H3,(H2,16,18). The summed E-state index contributed by atoms with van der Waals surface area (Å²) in [6.07, 6.45) is 1.51. The van der Waals surface area contributed by atoms with Gasteiger partial charge >= 0.3 is 5.97 Å². The zero-order chi connectivity index (χ0) is 15.9. The zero-order valence-corrected chi connectivity index (χ0v) is 13.0. The number of nitrogens with zero attached hydrogens (tertiary/aromatic N) is 2. The first kappa shape index (κ1) is 14.5. The van der Waals surface area contributed by atoms with E-state index >= 15 is 0 Å². The maximum absolute atomic E-state index is 12.5. The fraction of sp³-hybridized carbons (Fsp3) is 0.143. The van der Waals surface area contributed by atoms with Crippen molar-refractivity contribution in [2.45, 2.75) is 6.92 Å². The van der Waals surface area contributed by atoms with Gasteiger partial charge in [-0.05, 0) is 35.0 Å². The highest BCUT2D eigenvalue weighted by Gasteiger charge is 2.18. The number of fused-ring (bicyclic) bond motifs is 2. The molecule has 0 spiro atoms. The molecule has 0 bridgehead atoms. The molecule has 0 saturated carbocycles. The zero-order valence-electron chi connectivity index (χ0n) is 11.4. The van der Waals surface area contributed by atoms with Crippen LogP contribution < -0.4 is 11.2 Å². The summed E-state index contributed by atoms with van der Waals surface area (Å²) in [6, 6.07) is 2.93. The van der Waals surface area contributed by atoms with Crippen LogP contribution in [-0.2, 0) is 4.74 Å². The first-order chi connectivity index (χ1) is 10.5. The van der Waals surface area contributed by atoms with Gasteiger partial charge in [-0.2, -0.15) is 4.98 Å². The lowest BCUT2D eigenvalue weighted by atomic mass is 10.1. The van der Waals surface area contributed by atoms with E-state index in [0.717, 1.165) is 0 Å². The quantitative estimate of drug-likeness (QED) is 0.549. The van der Waals surface area contributed by atoms with Crippen LogP contribution in [0.5, 0.6) is 0 Å². The highest BCUT2D eigenvalue weighted by molar-refractivity contribution is 9.10. The highest BCUT2D eigenvalue weighted by atomic mass is 79.9. The van der Waals surface area contributed by atoms with Crippen LogP contribution in [0, 0.1) is 0 Å². The van der Waals surface area contributed by atoms with Gasteiger partial charge in [-0.25, -0.2) is 9.78 Å². The Morgan fingerprint density at radius 3 is 2.82 bits per heavy atom. The summed E-state index contributed by atoms with van der Waals surface area (Å²) >= 11 is 3.25. The molecule has 2 N–H and O–H groups in total. The van der Waals surface area contributed by atoms with Crippen molar-refractivity contribution in [3.05, 3.63) is 38.6 Å². The molecule has 8 heteroatoms. The molecule has 7 nitrogen and oxygen atoms in total. The molecule has 0 radical (unpaired) electrons. The molecule has 0 fully saturated rings. The van der Waals surface area contributed by atoms with Crippen molar-refractivity contribution in [3.63, 3.8) is 0 Å². The third-order valence-electron chi connectivity index (χ3n) is 3.01. The number of hydrogen-bond acceptors (Lipinski definition) is 7. The van der Waals surface area contributed by atoms with E-state index in [1.165, 1.54) is 12.3 Å². The van der Waals surface area contributed by atoms with Crippen LogP contribution in [0.4, 0.5) is 5.82 Å². The second kappa shape index (κ2) is 5.38. The average Bonchev–Trinajstić information content (AvgIpc) is 2.48. The van der Waals surface area contributed by atoms with Crippen molar-refractivity contribution >= 4 is 49.9 Å². The minimum Gasteiger partial charge on any atom is -0.462 e. The largest absolute Gasteiger partial charge is 0.462 e. The van der Waals surface area contributed by atoms with Crippen LogP contribution in [0.3, 0.4) is 0 Å². The van der Waals surface area contributed by atoms with E-state index in [2.05, 4.69) is 25.9 Å². The maximum atomic E-state index is 12.5. The Hall–Kier alpha value is -2.48. The second-order valence-corrected chi connectivity index (χ2v) is 5.35. The number of esters is 1. The smallest absolute Gasteiger partial charge is 0.341 e. The van der Waals surface area contributed by atoms with Crippen molar-refractivity contribution in [1.82, 2.24) is 9.97 Å². The molecule has 3 aromatic rings. The number of ether oxygens (including phenoxy) is 1. The van der Waals surface area contributed by atoms with Crippen molar-refractivity contribution in [1.29, 1.82) is 0 Å². The molecule has 0 aliphatic rings. The van der Waals surface area contributed by atoms with E-state index in [0.29, 0.717) is 4.47 Å². The molecule has 3 heterocycles. The summed E-state index contributed by atoms with van der Waals surface area (Å²) in [5.41, 5.74) is 5.60. The third-order valence-corrected chi connectivity index (χ3v) is 3.45. The molecule has 0 unspecified atom stereocenters. The van der Waals surface area contributed by atoms with Crippen LogP contribution in [0.15, 0.2) is 32.0 Å². The molecule has 112 valence electrons. The minimum atomic E-state index is -0.638. The number of carbonyl (C=O) groups is 1. The van der Waals surface area contributed by atoms with E-state index in [1.54, 1.807) is 13.0 Å². The van der Waals surface area contributed by atoms with Crippen LogP contribution in [-0.4, -0.2) is 22.5 Å². The van der Waals surface area contributed by atoms with Crippen LogP contribution in [0.1, 0.15) is 17.3 Å². The van der Waals surface area contributed by atoms with Crippen LogP contribution in [0.2, 0.25) is 0 Å². The lowest BCUT2D eigenvalue weighted by molar-refractivity contribution is 0.0527. The van der Waals surface area contributed by atoms with Crippen molar-refractivity contribution in [2.24, 2.45) is 0 Å². The normalized spacial score (nSPS) is 11.0. The van der Waals surface area contributed by atoms with Crippen molar-refractivity contribution in [2.75, 3.05) is 12.3 Å². The van der Waals surface area contributed by atoms with Crippen LogP contribution in [0.25, 0.3) is 22.2 Å².